The number of nitrogens with one attached hydrogen (secondary N) is 1. The van der Waals surface area contributed by atoms with E-state index in [4.69, 9.17) is 5.73 Å². The first-order valence-corrected chi connectivity index (χ1v) is 8.50. The lowest BCUT2D eigenvalue weighted by Gasteiger charge is -2.19. The maximum atomic E-state index is 14.9. The third-order valence-electron chi connectivity index (χ3n) is 4.76. The second-order valence-corrected chi connectivity index (χ2v) is 6.44. The molecular formula is C20H18F2N4. The Morgan fingerprint density at radius 1 is 1.00 bits per heavy atom. The van der Waals surface area contributed by atoms with Gasteiger partial charge in [0.05, 0.1) is 5.69 Å². The summed E-state index contributed by atoms with van der Waals surface area (Å²) in [5.74, 6) is -0.315. The molecule has 2 aromatic carbocycles. The minimum absolute atomic E-state index is 0.0154. The molecule has 1 aliphatic rings. The fraction of sp³-hybridized carbons (Fsp3) is 0.200. The maximum absolute atomic E-state index is 14.9. The van der Waals surface area contributed by atoms with E-state index in [2.05, 4.69) is 15.5 Å². The van der Waals surface area contributed by atoms with E-state index in [0.717, 1.165) is 29.7 Å². The molecule has 2 heterocycles. The molecule has 0 aliphatic carbocycles. The quantitative estimate of drug-likeness (QED) is 0.739. The topological polar surface area (TPSA) is 63.8 Å². The van der Waals surface area contributed by atoms with Gasteiger partial charge in [-0.15, -0.1) is 10.2 Å². The Balaban J connectivity index is 1.80. The molecule has 0 fully saturated rings. The molecular weight excluding hydrogens is 334 g/mol. The van der Waals surface area contributed by atoms with Crippen molar-refractivity contribution < 1.29 is 8.78 Å². The normalized spacial score (nSPS) is 16.8. The Kier molecular flexibility index (Phi) is 4.34. The molecule has 132 valence electrons. The van der Waals surface area contributed by atoms with Crippen LogP contribution in [-0.4, -0.2) is 16.7 Å². The van der Waals surface area contributed by atoms with Crippen molar-refractivity contribution in [2.45, 2.75) is 18.9 Å². The van der Waals surface area contributed by atoms with Crippen LogP contribution in [0.2, 0.25) is 0 Å². The van der Waals surface area contributed by atoms with Crippen molar-refractivity contribution in [2.24, 2.45) is 0 Å². The lowest BCUT2D eigenvalue weighted by atomic mass is 9.85. The Hall–Kier alpha value is -2.86. The van der Waals surface area contributed by atoms with E-state index in [-0.39, 0.29) is 17.6 Å². The lowest BCUT2D eigenvalue weighted by molar-refractivity contribution is 0.617. The van der Waals surface area contributed by atoms with Crippen molar-refractivity contribution in [3.05, 3.63) is 76.9 Å². The summed E-state index contributed by atoms with van der Waals surface area (Å²) in [5.41, 5.74) is 9.32. The lowest BCUT2D eigenvalue weighted by Crippen LogP contribution is -2.12. The standard InChI is InChI=1S/C20H18F2N4/c21-14-3-1-12(2-4-14)15-7-8-24-11-13-9-17(18(22)10-16(13)15)19-5-6-20(23)26-25-19/h1-6,9-10,15,24H,7-8,11H2,(H2,23,26). The van der Waals surface area contributed by atoms with Gasteiger partial charge in [0.25, 0.3) is 0 Å². The molecule has 4 rings (SSSR count). The molecule has 1 atom stereocenters. The van der Waals surface area contributed by atoms with Gasteiger partial charge in [0.15, 0.2) is 0 Å². The van der Waals surface area contributed by atoms with E-state index in [1.165, 1.54) is 12.1 Å². The molecule has 1 aromatic heterocycles. The van der Waals surface area contributed by atoms with Gasteiger partial charge in [-0.2, -0.15) is 0 Å². The van der Waals surface area contributed by atoms with Gasteiger partial charge >= 0.3 is 0 Å². The van der Waals surface area contributed by atoms with Gasteiger partial charge in [-0.25, -0.2) is 8.78 Å². The van der Waals surface area contributed by atoms with E-state index < -0.39 is 0 Å². The average molecular weight is 352 g/mol. The fourth-order valence-corrected chi connectivity index (χ4v) is 3.46. The van der Waals surface area contributed by atoms with Gasteiger partial charge in [-0.1, -0.05) is 12.1 Å². The number of hydrogen-bond donors (Lipinski definition) is 2. The summed E-state index contributed by atoms with van der Waals surface area (Å²) >= 11 is 0. The first kappa shape index (κ1) is 16.6. The minimum Gasteiger partial charge on any atom is -0.382 e. The average Bonchev–Trinajstić information content (AvgIpc) is 2.85. The molecule has 1 unspecified atom stereocenters. The summed E-state index contributed by atoms with van der Waals surface area (Å²) in [6.45, 7) is 1.44. The smallest absolute Gasteiger partial charge is 0.146 e. The van der Waals surface area contributed by atoms with Gasteiger partial charge in [-0.3, -0.25) is 0 Å². The SMILES string of the molecule is Nc1ccc(-c2cc3c(cc2F)C(c2ccc(F)cc2)CCNC3)nn1. The fourth-order valence-electron chi connectivity index (χ4n) is 3.46. The number of rotatable bonds is 2. The van der Waals surface area contributed by atoms with Crippen molar-refractivity contribution in [3.8, 4) is 11.3 Å². The molecule has 0 radical (unpaired) electrons. The monoisotopic (exact) mass is 352 g/mol. The van der Waals surface area contributed by atoms with Crippen LogP contribution in [0.25, 0.3) is 11.3 Å². The number of halogens is 2. The van der Waals surface area contributed by atoms with Crippen LogP contribution in [0.1, 0.15) is 29.0 Å². The van der Waals surface area contributed by atoms with E-state index >= 15 is 0 Å². The van der Waals surface area contributed by atoms with Crippen LogP contribution in [0.15, 0.2) is 48.5 Å². The number of nitrogen functional groups attached to an aromatic ring is 1. The first-order valence-electron chi connectivity index (χ1n) is 8.50. The molecule has 26 heavy (non-hydrogen) atoms. The number of anilines is 1. The molecule has 0 spiro atoms. The zero-order valence-corrected chi connectivity index (χ0v) is 14.0. The first-order chi connectivity index (χ1) is 12.6. The molecule has 0 saturated heterocycles. The van der Waals surface area contributed by atoms with Crippen molar-refractivity contribution >= 4 is 5.82 Å². The predicted octanol–water partition coefficient (Wildman–Crippen LogP) is 3.63. The van der Waals surface area contributed by atoms with Crippen LogP contribution in [-0.2, 0) is 6.54 Å². The Morgan fingerprint density at radius 2 is 1.81 bits per heavy atom. The highest BCUT2D eigenvalue weighted by Crippen LogP contribution is 2.35. The number of benzene rings is 2. The van der Waals surface area contributed by atoms with E-state index in [9.17, 15) is 8.78 Å². The second kappa shape index (κ2) is 6.80. The Morgan fingerprint density at radius 3 is 2.54 bits per heavy atom. The molecule has 0 amide bonds. The molecule has 1 aliphatic heterocycles. The van der Waals surface area contributed by atoms with Crippen LogP contribution < -0.4 is 11.1 Å². The summed E-state index contributed by atoms with van der Waals surface area (Å²) in [4.78, 5) is 0. The highest BCUT2D eigenvalue weighted by atomic mass is 19.1. The third-order valence-corrected chi connectivity index (χ3v) is 4.76. The van der Waals surface area contributed by atoms with Crippen molar-refractivity contribution in [1.29, 1.82) is 0 Å². The van der Waals surface area contributed by atoms with Gasteiger partial charge in [-0.05, 0) is 66.1 Å². The van der Waals surface area contributed by atoms with Crippen LogP contribution in [0, 0.1) is 11.6 Å². The van der Waals surface area contributed by atoms with E-state index in [0.29, 0.717) is 23.6 Å². The largest absolute Gasteiger partial charge is 0.382 e. The minimum atomic E-state index is -0.350. The zero-order valence-electron chi connectivity index (χ0n) is 14.0. The molecule has 3 N–H and O–H groups in total. The molecule has 6 heteroatoms. The van der Waals surface area contributed by atoms with Gasteiger partial charge < -0.3 is 11.1 Å². The second-order valence-electron chi connectivity index (χ2n) is 6.44. The maximum Gasteiger partial charge on any atom is 0.146 e. The van der Waals surface area contributed by atoms with Gasteiger partial charge in [0, 0.05) is 18.0 Å². The van der Waals surface area contributed by atoms with E-state index in [1.807, 2.05) is 6.07 Å². The number of aromatic nitrogens is 2. The molecule has 4 nitrogen and oxygen atoms in total. The highest BCUT2D eigenvalue weighted by Gasteiger charge is 2.23. The Labute approximate surface area is 150 Å². The number of fused-ring (bicyclic) bond motifs is 1. The van der Waals surface area contributed by atoms with Crippen molar-refractivity contribution in [1.82, 2.24) is 15.5 Å². The van der Waals surface area contributed by atoms with Gasteiger partial charge in [0.2, 0.25) is 0 Å². The van der Waals surface area contributed by atoms with Crippen molar-refractivity contribution in [3.63, 3.8) is 0 Å². The Bertz CT molecular complexity index is 924. The molecule has 0 bridgehead atoms. The summed E-state index contributed by atoms with van der Waals surface area (Å²) in [7, 11) is 0. The van der Waals surface area contributed by atoms with Crippen LogP contribution in [0.5, 0.6) is 0 Å². The van der Waals surface area contributed by atoms with Crippen molar-refractivity contribution in [2.75, 3.05) is 12.3 Å². The molecule has 3 aromatic rings. The zero-order chi connectivity index (χ0) is 18.1. The predicted molar refractivity (Wildman–Crippen MR) is 96.4 cm³/mol. The number of nitrogens with zero attached hydrogens (tertiary/aromatic N) is 2. The number of hydrogen-bond acceptors (Lipinski definition) is 4. The van der Waals surface area contributed by atoms with E-state index in [1.54, 1.807) is 30.3 Å². The van der Waals surface area contributed by atoms with Gasteiger partial charge in [0.1, 0.15) is 17.5 Å². The molecule has 0 saturated carbocycles. The van der Waals surface area contributed by atoms with Crippen LogP contribution in [0.4, 0.5) is 14.6 Å². The third kappa shape index (κ3) is 3.15. The van der Waals surface area contributed by atoms with Crippen LogP contribution >= 0.6 is 0 Å². The summed E-state index contributed by atoms with van der Waals surface area (Å²) in [5, 5.41) is 11.2. The highest BCUT2D eigenvalue weighted by molar-refractivity contribution is 5.63. The number of nitrogens with two attached hydrogens (primary N) is 1. The summed E-state index contributed by atoms with van der Waals surface area (Å²) in [6.07, 6.45) is 0.819. The summed E-state index contributed by atoms with van der Waals surface area (Å²) in [6, 6.07) is 13.1. The van der Waals surface area contributed by atoms with Crippen LogP contribution in [0.3, 0.4) is 0 Å². The summed E-state index contributed by atoms with van der Waals surface area (Å²) < 4.78 is 28.1.